The second-order valence-electron chi connectivity index (χ2n) is 6.56. The number of amides is 1. The van der Waals surface area contributed by atoms with Gasteiger partial charge >= 0.3 is 5.97 Å². The summed E-state index contributed by atoms with van der Waals surface area (Å²) < 4.78 is 13.3. The van der Waals surface area contributed by atoms with E-state index < -0.39 is 5.97 Å². The van der Waals surface area contributed by atoms with Crippen molar-refractivity contribution < 1.29 is 19.1 Å². The minimum atomic E-state index is -0.715. The number of hydrogen-bond acceptors (Lipinski definition) is 2. The van der Waals surface area contributed by atoms with Crippen molar-refractivity contribution in [3.05, 3.63) is 35.6 Å². The average Bonchev–Trinajstić information content (AvgIpc) is 3.21. The Morgan fingerprint density at radius 3 is 2.59 bits per heavy atom. The third-order valence-electron chi connectivity index (χ3n) is 5.28. The van der Waals surface area contributed by atoms with Gasteiger partial charge in [0.25, 0.3) is 0 Å². The predicted octanol–water partition coefficient (Wildman–Crippen LogP) is 2.64. The Bertz CT molecular complexity index is 608. The van der Waals surface area contributed by atoms with Gasteiger partial charge in [-0.2, -0.15) is 0 Å². The Balaban J connectivity index is 1.62. The van der Waals surface area contributed by atoms with Gasteiger partial charge in [0.15, 0.2) is 0 Å². The van der Waals surface area contributed by atoms with E-state index >= 15 is 0 Å². The third kappa shape index (κ3) is 2.60. The first-order chi connectivity index (χ1) is 10.4. The second-order valence-corrected chi connectivity index (χ2v) is 6.56. The van der Waals surface area contributed by atoms with Crippen LogP contribution in [0, 0.1) is 17.2 Å². The molecule has 1 spiro atoms. The number of likely N-dealkylation sites (tertiary alicyclic amines) is 1. The molecule has 1 aliphatic carbocycles. The number of hydrogen-bond donors (Lipinski definition) is 1. The number of aliphatic carboxylic acids is 1. The molecule has 1 aliphatic heterocycles. The molecular formula is C17H20FNO3. The van der Waals surface area contributed by atoms with Crippen LogP contribution in [0.1, 0.15) is 37.7 Å². The summed E-state index contributed by atoms with van der Waals surface area (Å²) in [5.41, 5.74) is 0.602. The molecule has 22 heavy (non-hydrogen) atoms. The van der Waals surface area contributed by atoms with E-state index in [1.54, 1.807) is 24.0 Å². The second kappa shape index (κ2) is 5.38. The Hall–Kier alpha value is -1.91. The number of carboxylic acid groups (broad SMARTS) is 1. The highest BCUT2D eigenvalue weighted by Gasteiger charge is 2.59. The van der Waals surface area contributed by atoms with Gasteiger partial charge in [0.2, 0.25) is 5.91 Å². The lowest BCUT2D eigenvalue weighted by atomic mass is 9.89. The molecule has 1 N–H and O–H groups in total. The maximum atomic E-state index is 13.3. The van der Waals surface area contributed by atoms with Crippen molar-refractivity contribution in [2.45, 2.75) is 32.1 Å². The molecule has 1 aromatic rings. The SMILES string of the molecule is CC(C(=O)N1CCC2(CC1)CC2C(=O)O)c1cccc(F)c1. The summed E-state index contributed by atoms with van der Waals surface area (Å²) in [6, 6.07) is 6.14. The molecule has 0 aromatic heterocycles. The van der Waals surface area contributed by atoms with Crippen LogP contribution >= 0.6 is 0 Å². The average molecular weight is 305 g/mol. The minimum Gasteiger partial charge on any atom is -0.481 e. The largest absolute Gasteiger partial charge is 0.481 e. The first-order valence-electron chi connectivity index (χ1n) is 7.70. The van der Waals surface area contributed by atoms with E-state index in [-0.39, 0.29) is 29.0 Å². The Labute approximate surface area is 128 Å². The van der Waals surface area contributed by atoms with Crippen LogP contribution in [0.2, 0.25) is 0 Å². The lowest BCUT2D eigenvalue weighted by molar-refractivity contribution is -0.140. The normalized spacial score (nSPS) is 24.1. The summed E-state index contributed by atoms with van der Waals surface area (Å²) in [4.78, 5) is 25.4. The van der Waals surface area contributed by atoms with Crippen LogP contribution in [0.4, 0.5) is 4.39 Å². The summed E-state index contributed by atoms with van der Waals surface area (Å²) in [7, 11) is 0. The van der Waals surface area contributed by atoms with Gasteiger partial charge in [-0.15, -0.1) is 0 Å². The van der Waals surface area contributed by atoms with Crippen LogP contribution in [-0.4, -0.2) is 35.0 Å². The number of carbonyl (C=O) groups is 2. The highest BCUT2D eigenvalue weighted by atomic mass is 19.1. The van der Waals surface area contributed by atoms with Gasteiger partial charge in [-0.3, -0.25) is 9.59 Å². The number of carboxylic acids is 1. The molecule has 1 aromatic carbocycles. The summed E-state index contributed by atoms with van der Waals surface area (Å²) in [5.74, 6) is -1.66. The zero-order valence-electron chi connectivity index (χ0n) is 12.6. The molecular weight excluding hydrogens is 285 g/mol. The van der Waals surface area contributed by atoms with Crippen LogP contribution in [0.25, 0.3) is 0 Å². The molecule has 2 fully saturated rings. The molecule has 1 amide bonds. The quantitative estimate of drug-likeness (QED) is 0.934. The number of piperidine rings is 1. The topological polar surface area (TPSA) is 57.6 Å². The summed E-state index contributed by atoms with van der Waals surface area (Å²) in [6.07, 6.45) is 2.25. The first-order valence-corrected chi connectivity index (χ1v) is 7.70. The van der Waals surface area contributed by atoms with E-state index in [1.807, 2.05) is 0 Å². The fourth-order valence-electron chi connectivity index (χ4n) is 3.61. The van der Waals surface area contributed by atoms with Crippen molar-refractivity contribution in [1.82, 2.24) is 4.90 Å². The number of carbonyl (C=O) groups excluding carboxylic acids is 1. The van der Waals surface area contributed by atoms with E-state index in [9.17, 15) is 14.0 Å². The van der Waals surface area contributed by atoms with E-state index in [2.05, 4.69) is 0 Å². The molecule has 4 nitrogen and oxygen atoms in total. The van der Waals surface area contributed by atoms with E-state index in [4.69, 9.17) is 5.11 Å². The van der Waals surface area contributed by atoms with Crippen molar-refractivity contribution in [2.24, 2.45) is 11.3 Å². The molecule has 3 rings (SSSR count). The van der Waals surface area contributed by atoms with Gasteiger partial charge in [-0.05, 0) is 49.3 Å². The highest BCUT2D eigenvalue weighted by Crippen LogP contribution is 2.59. The lowest BCUT2D eigenvalue weighted by Crippen LogP contribution is -2.41. The molecule has 118 valence electrons. The Morgan fingerprint density at radius 2 is 2.05 bits per heavy atom. The Morgan fingerprint density at radius 1 is 1.36 bits per heavy atom. The number of nitrogens with zero attached hydrogens (tertiary/aromatic N) is 1. The standard InChI is InChI=1S/C17H20FNO3/c1-11(12-3-2-4-13(18)9-12)15(20)19-7-5-17(6-8-19)10-14(17)16(21)22/h2-4,9,11,14H,5-8,10H2,1H3,(H,21,22). The van der Waals surface area contributed by atoms with Crippen molar-refractivity contribution in [2.75, 3.05) is 13.1 Å². The Kier molecular flexibility index (Phi) is 3.67. The molecule has 0 radical (unpaired) electrons. The fourth-order valence-corrected chi connectivity index (χ4v) is 3.61. The van der Waals surface area contributed by atoms with Gasteiger partial charge < -0.3 is 10.0 Å². The molecule has 5 heteroatoms. The summed E-state index contributed by atoms with van der Waals surface area (Å²) in [5, 5.41) is 9.09. The van der Waals surface area contributed by atoms with Gasteiger partial charge in [0, 0.05) is 13.1 Å². The van der Waals surface area contributed by atoms with E-state index in [0.29, 0.717) is 18.7 Å². The van der Waals surface area contributed by atoms with Gasteiger partial charge in [0.05, 0.1) is 11.8 Å². The van der Waals surface area contributed by atoms with Gasteiger partial charge in [0.1, 0.15) is 5.82 Å². The van der Waals surface area contributed by atoms with Crippen molar-refractivity contribution >= 4 is 11.9 Å². The lowest BCUT2D eigenvalue weighted by Gasteiger charge is -2.34. The zero-order chi connectivity index (χ0) is 15.9. The molecule has 1 heterocycles. The van der Waals surface area contributed by atoms with Crippen LogP contribution in [-0.2, 0) is 9.59 Å². The number of benzene rings is 1. The number of halogens is 1. The smallest absolute Gasteiger partial charge is 0.307 e. The van der Waals surface area contributed by atoms with Crippen molar-refractivity contribution in [1.29, 1.82) is 0 Å². The van der Waals surface area contributed by atoms with E-state index in [1.165, 1.54) is 12.1 Å². The van der Waals surface area contributed by atoms with Crippen molar-refractivity contribution in [3.8, 4) is 0 Å². The monoisotopic (exact) mass is 305 g/mol. The fraction of sp³-hybridized carbons (Fsp3) is 0.529. The maximum absolute atomic E-state index is 13.3. The molecule has 1 saturated carbocycles. The molecule has 2 unspecified atom stereocenters. The van der Waals surface area contributed by atoms with E-state index in [0.717, 1.165) is 19.3 Å². The number of rotatable bonds is 3. The maximum Gasteiger partial charge on any atom is 0.307 e. The highest BCUT2D eigenvalue weighted by molar-refractivity contribution is 5.83. The van der Waals surface area contributed by atoms with Crippen molar-refractivity contribution in [3.63, 3.8) is 0 Å². The molecule has 2 atom stereocenters. The third-order valence-corrected chi connectivity index (χ3v) is 5.28. The van der Waals surface area contributed by atoms with Crippen LogP contribution in [0.5, 0.6) is 0 Å². The molecule has 2 aliphatic rings. The van der Waals surface area contributed by atoms with Gasteiger partial charge in [-0.1, -0.05) is 12.1 Å². The van der Waals surface area contributed by atoms with Crippen LogP contribution in [0.15, 0.2) is 24.3 Å². The summed E-state index contributed by atoms with van der Waals surface area (Å²) >= 11 is 0. The van der Waals surface area contributed by atoms with Crippen LogP contribution in [0.3, 0.4) is 0 Å². The molecule has 1 saturated heterocycles. The minimum absolute atomic E-state index is 0.00650. The van der Waals surface area contributed by atoms with Crippen LogP contribution < -0.4 is 0 Å². The predicted molar refractivity (Wildman–Crippen MR) is 78.8 cm³/mol. The zero-order valence-corrected chi connectivity index (χ0v) is 12.6. The molecule has 0 bridgehead atoms. The first kappa shape index (κ1) is 15.0. The van der Waals surface area contributed by atoms with Gasteiger partial charge in [-0.25, -0.2) is 4.39 Å². The summed E-state index contributed by atoms with van der Waals surface area (Å²) in [6.45, 7) is 2.99.